The van der Waals surface area contributed by atoms with E-state index < -0.39 is 0 Å². The van der Waals surface area contributed by atoms with Crippen LogP contribution >= 0.6 is 11.8 Å². The molecule has 3 nitrogen and oxygen atoms in total. The smallest absolute Gasteiger partial charge is 0.160 e. The normalized spacial score (nSPS) is 16.8. The third-order valence-corrected chi connectivity index (χ3v) is 10.6. The highest BCUT2D eigenvalue weighted by molar-refractivity contribution is 8.00. The number of anilines is 1. The molecule has 0 bridgehead atoms. The Morgan fingerprint density at radius 3 is 2.13 bits per heavy atom. The lowest BCUT2D eigenvalue weighted by Gasteiger charge is -2.20. The van der Waals surface area contributed by atoms with Gasteiger partial charge in [-0.3, -0.25) is 0 Å². The standard InChI is InChI=1S/C43H31N3S/c1-4-12-28(13-5-1)34-18-10-11-19-36(34)38-27-37(29-14-6-2-7-15-29)44-42(45-38)33-22-24-35-32(26-33)21-20-30-23-25-39-41(40(30)35)46-43(47-39)31-16-8-3-9-17-31/h1-16,18-27,31,43,46H,17H2. The number of benzene rings is 6. The van der Waals surface area contributed by atoms with E-state index in [1.54, 1.807) is 0 Å². The summed E-state index contributed by atoms with van der Waals surface area (Å²) in [6.45, 7) is 0. The van der Waals surface area contributed by atoms with Crippen molar-refractivity contribution in [3.05, 3.63) is 158 Å². The molecule has 6 aromatic carbocycles. The Kier molecular flexibility index (Phi) is 6.94. The van der Waals surface area contributed by atoms with E-state index in [-0.39, 0.29) is 0 Å². The number of aromatic nitrogens is 2. The molecule has 0 spiro atoms. The SMILES string of the molecule is C1=CCC(C2Nc3c(ccc4ccc5cc(-c6nc(-c7ccccc7)cc(-c7ccccc7-c7ccccc7)n6)ccc5c34)S2)C=C1. The van der Waals surface area contributed by atoms with Crippen LogP contribution in [-0.4, -0.2) is 15.3 Å². The molecule has 0 amide bonds. The van der Waals surface area contributed by atoms with Gasteiger partial charge in [-0.1, -0.05) is 151 Å². The maximum absolute atomic E-state index is 5.24. The van der Waals surface area contributed by atoms with Gasteiger partial charge in [0.25, 0.3) is 0 Å². The van der Waals surface area contributed by atoms with Crippen molar-refractivity contribution in [2.24, 2.45) is 5.92 Å². The van der Waals surface area contributed by atoms with Crippen LogP contribution in [0.3, 0.4) is 0 Å². The van der Waals surface area contributed by atoms with Crippen molar-refractivity contribution >= 4 is 39.0 Å². The zero-order valence-corrected chi connectivity index (χ0v) is 26.5. The van der Waals surface area contributed by atoms with Crippen molar-refractivity contribution in [3.63, 3.8) is 0 Å². The first-order chi connectivity index (χ1) is 23.3. The number of hydrogen-bond donors (Lipinski definition) is 1. The van der Waals surface area contributed by atoms with E-state index in [1.807, 2.05) is 17.8 Å². The minimum absolute atomic E-state index is 0.331. The predicted octanol–water partition coefficient (Wildman–Crippen LogP) is 11.4. The summed E-state index contributed by atoms with van der Waals surface area (Å²) in [6, 6.07) is 47.3. The van der Waals surface area contributed by atoms with Crippen LogP contribution in [-0.2, 0) is 0 Å². The molecule has 2 unspecified atom stereocenters. The molecule has 4 heteroatoms. The third-order valence-electron chi connectivity index (χ3n) is 9.25. The summed E-state index contributed by atoms with van der Waals surface area (Å²) in [7, 11) is 0. The van der Waals surface area contributed by atoms with Crippen molar-refractivity contribution in [3.8, 4) is 45.0 Å². The molecular formula is C43H31N3S. The summed E-state index contributed by atoms with van der Waals surface area (Å²) in [6.07, 6.45) is 9.99. The number of thioether (sulfide) groups is 1. The number of fused-ring (bicyclic) bond motifs is 5. The summed E-state index contributed by atoms with van der Waals surface area (Å²) >= 11 is 1.95. The Balaban J connectivity index is 1.18. The van der Waals surface area contributed by atoms with Crippen LogP contribution in [0.15, 0.2) is 163 Å². The average Bonchev–Trinajstić information content (AvgIpc) is 3.60. The van der Waals surface area contributed by atoms with Gasteiger partial charge in [0.05, 0.1) is 22.4 Å². The molecule has 47 heavy (non-hydrogen) atoms. The molecule has 9 rings (SSSR count). The Bertz CT molecular complexity index is 2340. The second kappa shape index (κ2) is 11.7. The van der Waals surface area contributed by atoms with E-state index in [2.05, 4.69) is 157 Å². The van der Waals surface area contributed by atoms with Crippen LogP contribution < -0.4 is 5.32 Å². The lowest BCUT2D eigenvalue weighted by molar-refractivity contribution is 0.662. The molecule has 224 valence electrons. The van der Waals surface area contributed by atoms with Crippen LogP contribution in [0.2, 0.25) is 0 Å². The van der Waals surface area contributed by atoms with Crippen LogP contribution in [0.5, 0.6) is 0 Å². The van der Waals surface area contributed by atoms with Crippen molar-refractivity contribution in [2.75, 3.05) is 5.32 Å². The van der Waals surface area contributed by atoms with E-state index in [4.69, 9.17) is 9.97 Å². The number of rotatable bonds is 5. The summed E-state index contributed by atoms with van der Waals surface area (Å²) < 4.78 is 0. The molecule has 1 N–H and O–H groups in total. The molecule has 7 aromatic rings. The highest BCUT2D eigenvalue weighted by atomic mass is 32.2. The third kappa shape index (κ3) is 5.11. The molecule has 1 aromatic heterocycles. The first-order valence-corrected chi connectivity index (χ1v) is 17.0. The maximum Gasteiger partial charge on any atom is 0.160 e. The van der Waals surface area contributed by atoms with Gasteiger partial charge in [-0.15, -0.1) is 0 Å². The van der Waals surface area contributed by atoms with Gasteiger partial charge in [0.2, 0.25) is 0 Å². The summed E-state index contributed by atoms with van der Waals surface area (Å²) in [5.74, 6) is 1.19. The first-order valence-electron chi connectivity index (χ1n) is 16.1. The van der Waals surface area contributed by atoms with E-state index in [0.717, 1.165) is 45.9 Å². The molecule has 0 fully saturated rings. The van der Waals surface area contributed by atoms with Gasteiger partial charge in [0, 0.05) is 32.9 Å². The zero-order chi connectivity index (χ0) is 31.2. The largest absolute Gasteiger partial charge is 0.371 e. The molecule has 2 atom stereocenters. The highest BCUT2D eigenvalue weighted by Gasteiger charge is 2.29. The summed E-state index contributed by atoms with van der Waals surface area (Å²) in [5.41, 5.74) is 8.54. The van der Waals surface area contributed by atoms with Crippen molar-refractivity contribution in [2.45, 2.75) is 16.7 Å². The summed E-state index contributed by atoms with van der Waals surface area (Å²) in [4.78, 5) is 11.7. The second-order valence-electron chi connectivity index (χ2n) is 12.2. The van der Waals surface area contributed by atoms with Gasteiger partial charge in [-0.25, -0.2) is 9.97 Å². The minimum Gasteiger partial charge on any atom is -0.371 e. The maximum atomic E-state index is 5.24. The Morgan fingerprint density at radius 1 is 0.596 bits per heavy atom. The summed E-state index contributed by atoms with van der Waals surface area (Å²) in [5, 5.41) is 9.19. The van der Waals surface area contributed by atoms with Crippen LogP contribution in [0.1, 0.15) is 6.42 Å². The molecule has 0 saturated carbocycles. The molecule has 1 aliphatic heterocycles. The van der Waals surface area contributed by atoms with Crippen LogP contribution in [0.25, 0.3) is 66.6 Å². The van der Waals surface area contributed by atoms with Gasteiger partial charge in [-0.05, 0) is 51.9 Å². The lowest BCUT2D eigenvalue weighted by atomic mass is 9.96. The van der Waals surface area contributed by atoms with Crippen molar-refractivity contribution in [1.82, 2.24) is 9.97 Å². The lowest BCUT2D eigenvalue weighted by Crippen LogP contribution is -2.21. The quantitative estimate of drug-likeness (QED) is 0.194. The van der Waals surface area contributed by atoms with Crippen LogP contribution in [0, 0.1) is 5.92 Å². The molecule has 0 saturated heterocycles. The van der Waals surface area contributed by atoms with Crippen LogP contribution in [0.4, 0.5) is 5.69 Å². The minimum atomic E-state index is 0.331. The first kappa shape index (κ1) is 27.8. The number of nitrogens with zero attached hydrogens (tertiary/aromatic N) is 2. The fourth-order valence-corrected chi connectivity index (χ4v) is 8.14. The molecule has 2 heterocycles. The van der Waals surface area contributed by atoms with Gasteiger partial charge < -0.3 is 5.32 Å². The second-order valence-corrected chi connectivity index (χ2v) is 13.4. The molecule has 2 aliphatic rings. The molecule has 1 aliphatic carbocycles. The fourth-order valence-electron chi connectivity index (χ4n) is 6.89. The number of nitrogens with one attached hydrogen (secondary N) is 1. The fraction of sp³-hybridized carbons (Fsp3) is 0.0698. The number of hydrogen-bond acceptors (Lipinski definition) is 4. The van der Waals surface area contributed by atoms with Gasteiger partial charge >= 0.3 is 0 Å². The Morgan fingerprint density at radius 2 is 1.32 bits per heavy atom. The van der Waals surface area contributed by atoms with Crippen molar-refractivity contribution < 1.29 is 0 Å². The highest BCUT2D eigenvalue weighted by Crippen LogP contribution is 2.48. The van der Waals surface area contributed by atoms with Gasteiger partial charge in [0.1, 0.15) is 0 Å². The Hall–Kier alpha value is -5.45. The molecule has 0 radical (unpaired) electrons. The van der Waals surface area contributed by atoms with E-state index >= 15 is 0 Å². The number of allylic oxidation sites excluding steroid dienone is 3. The average molecular weight is 622 g/mol. The van der Waals surface area contributed by atoms with Crippen molar-refractivity contribution in [1.29, 1.82) is 0 Å². The van der Waals surface area contributed by atoms with E-state index in [9.17, 15) is 0 Å². The predicted molar refractivity (Wildman–Crippen MR) is 198 cm³/mol. The van der Waals surface area contributed by atoms with Gasteiger partial charge in [-0.2, -0.15) is 0 Å². The monoisotopic (exact) mass is 621 g/mol. The topological polar surface area (TPSA) is 37.8 Å². The Labute approximate surface area is 278 Å². The zero-order valence-electron chi connectivity index (χ0n) is 25.7. The molecular weight excluding hydrogens is 591 g/mol. The van der Waals surface area contributed by atoms with Gasteiger partial charge in [0.15, 0.2) is 5.82 Å². The van der Waals surface area contributed by atoms with E-state index in [0.29, 0.717) is 11.3 Å². The van der Waals surface area contributed by atoms with E-state index in [1.165, 1.54) is 37.7 Å².